The maximum absolute atomic E-state index is 12.9. The molecule has 0 radical (unpaired) electrons. The second-order valence-corrected chi connectivity index (χ2v) is 16.8. The van der Waals surface area contributed by atoms with Gasteiger partial charge in [0, 0.05) is 37.6 Å². The van der Waals surface area contributed by atoms with Crippen LogP contribution in [0.2, 0.25) is 0 Å². The number of hydrogen-bond donors (Lipinski definition) is 3. The molecular weight excluding hydrogens is 821 g/mol. The lowest BCUT2D eigenvalue weighted by Crippen LogP contribution is -2.31. The van der Waals surface area contributed by atoms with Crippen LogP contribution in [-0.4, -0.2) is 74.4 Å². The van der Waals surface area contributed by atoms with Gasteiger partial charge in [-0.15, -0.1) is 30.6 Å². The number of fused-ring (bicyclic) bond motifs is 2. The first kappa shape index (κ1) is 43.4. The number of sulfonamides is 2. The van der Waals surface area contributed by atoms with E-state index in [1.165, 1.54) is 35.0 Å². The zero-order chi connectivity index (χ0) is 40.4. The molecule has 0 atom stereocenters. The molecule has 25 heteroatoms. The molecule has 0 aliphatic carbocycles. The third-order valence-electron chi connectivity index (χ3n) is 7.77. The van der Waals surface area contributed by atoms with Gasteiger partial charge in [0.25, 0.3) is 5.13 Å². The molecule has 6 rings (SSSR count). The molecule has 0 amide bonds. The van der Waals surface area contributed by atoms with Crippen molar-refractivity contribution in [1.82, 2.24) is 20.4 Å². The number of nitrogens with one attached hydrogen (secondary N) is 2. The summed E-state index contributed by atoms with van der Waals surface area (Å²) in [6.45, 7) is 7.09. The molecule has 55 heavy (non-hydrogen) atoms. The van der Waals surface area contributed by atoms with Gasteiger partial charge in [0.05, 0.1) is 11.4 Å². The predicted octanol–water partition coefficient (Wildman–Crippen LogP) is 7.61. The first-order valence-electron chi connectivity index (χ1n) is 16.5. The number of hydrogen-bond acceptors (Lipinski definition) is 15. The highest BCUT2D eigenvalue weighted by Crippen LogP contribution is 2.40. The van der Waals surface area contributed by atoms with Crippen LogP contribution in [0.3, 0.4) is 0 Å². The van der Waals surface area contributed by atoms with Gasteiger partial charge in [0.1, 0.15) is 16.7 Å². The molecule has 0 unspecified atom stereocenters. The number of azo groups is 1. The second kappa shape index (κ2) is 18.5. The zero-order valence-corrected chi connectivity index (χ0v) is 32.6. The number of aryl methyl sites for hydroxylation is 2. The standard InChI is InChI=1S/C15H17F3N6O2S2.C13H17F3N2O2S.C2H3N3S/c1-2-5-24-6-3-4-10-7-11(20-22-14-21-19-9-27-14)12(8-13(10)24)23-28(25,26)15(16,17)18;1-2-7-18-8-3-4-10-5-6-11(9-12(10)18)17-21(19,20)13(14,15)16;3-2-5-4-1-6-2/h7-9,23H,2-6H2,1H3;5-6,9,17H,2-4,7-8H2,1H3;1H,(H2,3,5). The van der Waals surface area contributed by atoms with Crippen molar-refractivity contribution in [3.8, 4) is 0 Å². The van der Waals surface area contributed by atoms with Gasteiger partial charge in [-0.3, -0.25) is 9.44 Å². The number of alkyl halides is 6. The average Bonchev–Trinajstić information content (AvgIpc) is 3.82. The van der Waals surface area contributed by atoms with Crippen LogP contribution in [0.5, 0.6) is 0 Å². The molecule has 0 saturated heterocycles. The van der Waals surface area contributed by atoms with Gasteiger partial charge < -0.3 is 15.5 Å². The van der Waals surface area contributed by atoms with Crippen molar-refractivity contribution < 1.29 is 43.2 Å². The second-order valence-electron chi connectivity index (χ2n) is 11.8. The van der Waals surface area contributed by atoms with Gasteiger partial charge >= 0.3 is 31.1 Å². The molecule has 2 aliphatic rings. The molecule has 2 aliphatic heterocycles. The van der Waals surface area contributed by atoms with E-state index in [1.54, 1.807) is 27.1 Å². The highest BCUT2D eigenvalue weighted by molar-refractivity contribution is 7.93. The number of nitrogen functional groups attached to an aromatic ring is 1. The Morgan fingerprint density at radius 2 is 1.33 bits per heavy atom. The Labute approximate surface area is 321 Å². The molecule has 4 aromatic rings. The Bertz CT molecular complexity index is 2100. The third kappa shape index (κ3) is 11.8. The summed E-state index contributed by atoms with van der Waals surface area (Å²) in [5.41, 5.74) is 0.441. The summed E-state index contributed by atoms with van der Waals surface area (Å²) >= 11 is 2.43. The fraction of sp³-hybridized carbons (Fsp3) is 0.467. The SMILES string of the molecule is CCCN1CCCc2cc(N=Nc3nncs3)c(NS(=O)(=O)C(F)(F)F)cc21.CCCN1CCCc2ccc(NS(=O)(=O)C(F)(F)F)cc21.Nc1nncs1. The topological polar surface area (TPSA) is 201 Å². The molecule has 0 bridgehead atoms. The molecule has 4 N–H and O–H groups in total. The lowest BCUT2D eigenvalue weighted by molar-refractivity contribution is -0.0435. The highest BCUT2D eigenvalue weighted by Gasteiger charge is 2.47. The van der Waals surface area contributed by atoms with Crippen LogP contribution in [0.1, 0.15) is 50.7 Å². The van der Waals surface area contributed by atoms with E-state index < -0.39 is 31.1 Å². The molecule has 2 aromatic carbocycles. The Kier molecular flexibility index (Phi) is 14.6. The van der Waals surface area contributed by atoms with E-state index in [-0.39, 0.29) is 22.2 Å². The van der Waals surface area contributed by atoms with Crippen LogP contribution in [0, 0.1) is 0 Å². The summed E-state index contributed by atoms with van der Waals surface area (Å²) in [6.07, 6.45) is 5.19. The zero-order valence-electron chi connectivity index (χ0n) is 29.3. The number of rotatable bonds is 10. The van der Waals surface area contributed by atoms with E-state index in [1.807, 2.05) is 18.7 Å². The molecule has 0 saturated carbocycles. The number of nitrogens with zero attached hydrogens (tertiary/aromatic N) is 8. The van der Waals surface area contributed by atoms with E-state index in [4.69, 9.17) is 5.73 Å². The van der Waals surface area contributed by atoms with Crippen LogP contribution in [0.4, 0.5) is 65.0 Å². The van der Waals surface area contributed by atoms with Gasteiger partial charge in [0.15, 0.2) is 0 Å². The van der Waals surface area contributed by atoms with Crippen LogP contribution in [0.15, 0.2) is 51.6 Å². The van der Waals surface area contributed by atoms with Gasteiger partial charge in [-0.25, -0.2) is 0 Å². The Balaban J connectivity index is 0.000000218. The average molecular weight is 858 g/mol. The van der Waals surface area contributed by atoms with Gasteiger partial charge in [-0.2, -0.15) is 43.2 Å². The van der Waals surface area contributed by atoms with Gasteiger partial charge in [0.2, 0.25) is 5.13 Å². The van der Waals surface area contributed by atoms with Crippen molar-refractivity contribution in [3.05, 3.63) is 52.5 Å². The molecule has 0 fully saturated rings. The quantitative estimate of drug-likeness (QED) is 0.105. The number of nitrogens with two attached hydrogens (primary N) is 1. The van der Waals surface area contributed by atoms with Crippen molar-refractivity contribution in [2.24, 2.45) is 10.2 Å². The Morgan fingerprint density at radius 1 is 0.764 bits per heavy atom. The molecule has 302 valence electrons. The van der Waals surface area contributed by atoms with E-state index in [0.29, 0.717) is 23.8 Å². The van der Waals surface area contributed by atoms with Crippen molar-refractivity contribution in [2.75, 3.05) is 51.2 Å². The van der Waals surface area contributed by atoms with Crippen molar-refractivity contribution >= 4 is 81.4 Å². The van der Waals surface area contributed by atoms with Gasteiger partial charge in [-0.1, -0.05) is 42.6 Å². The minimum atomic E-state index is -5.60. The van der Waals surface area contributed by atoms with Crippen LogP contribution in [-0.2, 0) is 32.9 Å². The summed E-state index contributed by atoms with van der Waals surface area (Å²) in [5, 5.41) is 22.7. The normalized spacial score (nSPS) is 14.6. The van der Waals surface area contributed by atoms with Crippen molar-refractivity contribution in [1.29, 1.82) is 0 Å². The number of halogens is 6. The monoisotopic (exact) mass is 857 g/mol. The highest BCUT2D eigenvalue weighted by atomic mass is 32.2. The Morgan fingerprint density at radius 3 is 1.84 bits per heavy atom. The summed E-state index contributed by atoms with van der Waals surface area (Å²) in [6, 6.07) is 7.49. The first-order chi connectivity index (χ1) is 25.8. The predicted molar refractivity (Wildman–Crippen MR) is 200 cm³/mol. The minimum Gasteiger partial charge on any atom is -0.374 e. The number of benzene rings is 2. The number of anilines is 5. The van der Waals surface area contributed by atoms with E-state index in [2.05, 4.69) is 35.5 Å². The molecule has 15 nitrogen and oxygen atoms in total. The molecule has 2 aromatic heterocycles. The lowest BCUT2D eigenvalue weighted by Gasteiger charge is -2.32. The van der Waals surface area contributed by atoms with Crippen molar-refractivity contribution in [3.63, 3.8) is 0 Å². The van der Waals surface area contributed by atoms with Crippen LogP contribution >= 0.6 is 22.7 Å². The van der Waals surface area contributed by atoms with E-state index in [0.717, 1.165) is 79.9 Å². The largest absolute Gasteiger partial charge is 0.516 e. The Hall–Kier alpha value is -4.36. The summed E-state index contributed by atoms with van der Waals surface area (Å²) in [5.74, 6) is 0. The molecule has 0 spiro atoms. The van der Waals surface area contributed by atoms with E-state index >= 15 is 0 Å². The maximum atomic E-state index is 12.9. The van der Waals surface area contributed by atoms with Gasteiger partial charge in [-0.05, 0) is 73.9 Å². The minimum absolute atomic E-state index is 0.0138. The van der Waals surface area contributed by atoms with Crippen LogP contribution < -0.4 is 25.0 Å². The first-order valence-corrected chi connectivity index (χ1v) is 21.2. The van der Waals surface area contributed by atoms with E-state index in [9.17, 15) is 43.2 Å². The fourth-order valence-electron chi connectivity index (χ4n) is 5.48. The lowest BCUT2D eigenvalue weighted by atomic mass is 10.00. The van der Waals surface area contributed by atoms with Crippen molar-refractivity contribution in [2.45, 2.75) is 63.4 Å². The molecule has 4 heterocycles. The summed E-state index contributed by atoms with van der Waals surface area (Å²) < 4.78 is 125. The third-order valence-corrected chi connectivity index (χ3v) is 11.1. The smallest absolute Gasteiger partial charge is 0.374 e. The summed E-state index contributed by atoms with van der Waals surface area (Å²) in [7, 11) is -11.0. The summed E-state index contributed by atoms with van der Waals surface area (Å²) in [4.78, 5) is 4.10. The molecular formula is C30H37F6N11O4S4. The maximum Gasteiger partial charge on any atom is 0.516 e. The fourth-order valence-corrected chi connectivity index (χ4v) is 7.27. The van der Waals surface area contributed by atoms with Crippen LogP contribution in [0.25, 0.3) is 0 Å². The number of aromatic nitrogens is 4.